The lowest BCUT2D eigenvalue weighted by atomic mass is 10.2. The van der Waals surface area contributed by atoms with Crippen LogP contribution in [-0.4, -0.2) is 34.2 Å². The third kappa shape index (κ3) is 3.89. The average molecular weight is 260 g/mol. The summed E-state index contributed by atoms with van der Waals surface area (Å²) >= 11 is 0. The molecule has 2 heterocycles. The number of imidazole rings is 1. The maximum Gasteiger partial charge on any atom is 0.240 e. The first kappa shape index (κ1) is 13.2. The van der Waals surface area contributed by atoms with Crippen LogP contribution < -0.4 is 5.32 Å². The smallest absolute Gasteiger partial charge is 0.240 e. The van der Waals surface area contributed by atoms with Crippen LogP contribution in [0.3, 0.4) is 0 Å². The maximum atomic E-state index is 11.9. The van der Waals surface area contributed by atoms with Gasteiger partial charge < -0.3 is 14.6 Å². The summed E-state index contributed by atoms with van der Waals surface area (Å²) in [5.41, 5.74) is 0.781. The molecule has 0 bridgehead atoms. The van der Waals surface area contributed by atoms with Crippen LogP contribution in [0.15, 0.2) is 43.1 Å². The normalized spacial score (nSPS) is 12.1. The maximum absolute atomic E-state index is 11.9. The van der Waals surface area contributed by atoms with Crippen molar-refractivity contribution in [3.8, 4) is 0 Å². The molecule has 2 aromatic rings. The number of ether oxygens (including phenoxy) is 1. The van der Waals surface area contributed by atoms with Crippen LogP contribution in [0.2, 0.25) is 0 Å². The number of hydrogen-bond donors (Lipinski definition) is 1. The fourth-order valence-corrected chi connectivity index (χ4v) is 1.74. The lowest BCUT2D eigenvalue weighted by Gasteiger charge is -2.17. The first-order chi connectivity index (χ1) is 9.29. The zero-order chi connectivity index (χ0) is 13.5. The second-order valence-electron chi connectivity index (χ2n) is 4.07. The van der Waals surface area contributed by atoms with E-state index in [2.05, 4.69) is 15.3 Å². The highest BCUT2D eigenvalue weighted by molar-refractivity contribution is 5.76. The summed E-state index contributed by atoms with van der Waals surface area (Å²) in [6.45, 7) is 0.611. The summed E-state index contributed by atoms with van der Waals surface area (Å²) in [6.07, 6.45) is 6.68. The van der Waals surface area contributed by atoms with Gasteiger partial charge in [0.2, 0.25) is 5.91 Å². The number of hydrogen-bond acceptors (Lipinski definition) is 4. The van der Waals surface area contributed by atoms with Gasteiger partial charge in [-0.05, 0) is 12.1 Å². The third-order valence-electron chi connectivity index (χ3n) is 2.60. The molecule has 0 aliphatic rings. The van der Waals surface area contributed by atoms with E-state index in [1.54, 1.807) is 36.6 Å². The molecule has 6 nitrogen and oxygen atoms in total. The molecule has 19 heavy (non-hydrogen) atoms. The van der Waals surface area contributed by atoms with Crippen LogP contribution in [-0.2, 0) is 16.1 Å². The van der Waals surface area contributed by atoms with Crippen molar-refractivity contribution in [1.82, 2.24) is 19.9 Å². The van der Waals surface area contributed by atoms with Gasteiger partial charge in [0.1, 0.15) is 6.54 Å². The topological polar surface area (TPSA) is 69.0 Å². The van der Waals surface area contributed by atoms with Crippen molar-refractivity contribution in [3.63, 3.8) is 0 Å². The molecule has 0 saturated heterocycles. The quantitative estimate of drug-likeness (QED) is 0.833. The van der Waals surface area contributed by atoms with Gasteiger partial charge in [0, 0.05) is 25.7 Å². The second kappa shape index (κ2) is 6.65. The van der Waals surface area contributed by atoms with Gasteiger partial charge in [-0.2, -0.15) is 0 Å². The second-order valence-corrected chi connectivity index (χ2v) is 4.07. The number of carbonyl (C=O) groups is 1. The molecular formula is C13H16N4O2. The van der Waals surface area contributed by atoms with Crippen molar-refractivity contribution in [2.24, 2.45) is 0 Å². The first-order valence-electron chi connectivity index (χ1n) is 5.94. The number of nitrogens with zero attached hydrogens (tertiary/aromatic N) is 3. The first-order valence-corrected chi connectivity index (χ1v) is 5.94. The van der Waals surface area contributed by atoms with Crippen LogP contribution in [0.1, 0.15) is 11.7 Å². The highest BCUT2D eigenvalue weighted by atomic mass is 16.5. The Morgan fingerprint density at radius 3 is 3.00 bits per heavy atom. The Morgan fingerprint density at radius 2 is 2.37 bits per heavy atom. The molecular weight excluding hydrogens is 244 g/mol. The fraction of sp³-hybridized carbons (Fsp3) is 0.308. The van der Waals surface area contributed by atoms with Gasteiger partial charge in [0.15, 0.2) is 0 Å². The summed E-state index contributed by atoms with van der Waals surface area (Å²) in [7, 11) is 1.60. The van der Waals surface area contributed by atoms with Gasteiger partial charge in [0.05, 0.1) is 24.7 Å². The third-order valence-corrected chi connectivity index (χ3v) is 2.60. The minimum Gasteiger partial charge on any atom is -0.382 e. The minimum absolute atomic E-state index is 0.106. The SMILES string of the molecule is COC[C@@H](NC(=O)Cn1ccnc1)c1ccccn1. The van der Waals surface area contributed by atoms with Gasteiger partial charge in [-0.25, -0.2) is 4.98 Å². The summed E-state index contributed by atoms with van der Waals surface area (Å²) in [5.74, 6) is -0.106. The summed E-state index contributed by atoms with van der Waals surface area (Å²) in [5, 5.41) is 2.90. The largest absolute Gasteiger partial charge is 0.382 e. The van der Waals surface area contributed by atoms with E-state index in [-0.39, 0.29) is 18.5 Å². The van der Waals surface area contributed by atoms with Crippen molar-refractivity contribution in [2.75, 3.05) is 13.7 Å². The number of carbonyl (C=O) groups excluding carboxylic acids is 1. The van der Waals surface area contributed by atoms with Gasteiger partial charge >= 0.3 is 0 Å². The number of pyridine rings is 1. The van der Waals surface area contributed by atoms with E-state index in [1.807, 2.05) is 18.2 Å². The van der Waals surface area contributed by atoms with Gasteiger partial charge in [-0.15, -0.1) is 0 Å². The Morgan fingerprint density at radius 1 is 1.47 bits per heavy atom. The molecule has 1 amide bonds. The molecule has 2 aromatic heterocycles. The van der Waals surface area contributed by atoms with E-state index in [0.29, 0.717) is 6.61 Å². The Bertz CT molecular complexity index is 499. The van der Waals surface area contributed by atoms with Gasteiger partial charge in [-0.1, -0.05) is 6.07 Å². The molecule has 0 spiro atoms. The van der Waals surface area contributed by atoms with Crippen LogP contribution in [0.25, 0.3) is 0 Å². The molecule has 1 N–H and O–H groups in total. The lowest BCUT2D eigenvalue weighted by Crippen LogP contribution is -2.34. The highest BCUT2D eigenvalue weighted by Gasteiger charge is 2.15. The molecule has 0 aliphatic carbocycles. The average Bonchev–Trinajstić information content (AvgIpc) is 2.92. The number of amides is 1. The molecule has 0 aliphatic heterocycles. The minimum atomic E-state index is -0.248. The number of methoxy groups -OCH3 is 1. The van der Waals surface area contributed by atoms with Crippen LogP contribution in [0.4, 0.5) is 0 Å². The Balaban J connectivity index is 1.98. The number of aromatic nitrogens is 3. The van der Waals surface area contributed by atoms with Crippen LogP contribution in [0, 0.1) is 0 Å². The summed E-state index contributed by atoms with van der Waals surface area (Å²) in [4.78, 5) is 20.1. The van der Waals surface area contributed by atoms with E-state index in [9.17, 15) is 4.79 Å². The van der Waals surface area contributed by atoms with E-state index >= 15 is 0 Å². The predicted octanol–water partition coefficient (Wildman–Crippen LogP) is 0.782. The van der Waals surface area contributed by atoms with E-state index < -0.39 is 0 Å². The molecule has 6 heteroatoms. The zero-order valence-electron chi connectivity index (χ0n) is 10.7. The van der Waals surface area contributed by atoms with Crippen molar-refractivity contribution in [1.29, 1.82) is 0 Å². The highest BCUT2D eigenvalue weighted by Crippen LogP contribution is 2.09. The molecule has 0 unspecified atom stereocenters. The van der Waals surface area contributed by atoms with Crippen LogP contribution >= 0.6 is 0 Å². The van der Waals surface area contributed by atoms with Gasteiger partial charge in [-0.3, -0.25) is 9.78 Å². The molecule has 0 fully saturated rings. The van der Waals surface area contributed by atoms with Crippen molar-refractivity contribution in [2.45, 2.75) is 12.6 Å². The predicted molar refractivity (Wildman–Crippen MR) is 69.2 cm³/mol. The van der Waals surface area contributed by atoms with Crippen molar-refractivity contribution >= 4 is 5.91 Å². The van der Waals surface area contributed by atoms with Gasteiger partial charge in [0.25, 0.3) is 0 Å². The number of rotatable bonds is 6. The van der Waals surface area contributed by atoms with Crippen molar-refractivity contribution < 1.29 is 9.53 Å². The van der Waals surface area contributed by atoms with E-state index in [0.717, 1.165) is 5.69 Å². The van der Waals surface area contributed by atoms with E-state index in [4.69, 9.17) is 4.74 Å². The molecule has 0 saturated carbocycles. The van der Waals surface area contributed by atoms with E-state index in [1.165, 1.54) is 0 Å². The Labute approximate surface area is 111 Å². The zero-order valence-corrected chi connectivity index (χ0v) is 10.7. The fourth-order valence-electron chi connectivity index (χ4n) is 1.74. The number of nitrogens with one attached hydrogen (secondary N) is 1. The molecule has 1 atom stereocenters. The molecule has 0 radical (unpaired) electrons. The Kier molecular flexibility index (Phi) is 4.63. The molecule has 0 aromatic carbocycles. The molecule has 100 valence electrons. The summed E-state index contributed by atoms with van der Waals surface area (Å²) in [6, 6.07) is 5.33. The van der Waals surface area contributed by atoms with Crippen molar-refractivity contribution in [3.05, 3.63) is 48.8 Å². The lowest BCUT2D eigenvalue weighted by molar-refractivity contribution is -0.122. The monoisotopic (exact) mass is 260 g/mol. The summed E-state index contributed by atoms with van der Waals surface area (Å²) < 4.78 is 6.83. The van der Waals surface area contributed by atoms with Crippen LogP contribution in [0.5, 0.6) is 0 Å². The molecule has 2 rings (SSSR count). The Hall–Kier alpha value is -2.21. The standard InChI is InChI=1S/C13H16N4O2/c1-19-9-12(11-4-2-3-5-15-11)16-13(18)8-17-7-6-14-10-17/h2-7,10,12H,8-9H2,1H3,(H,16,18)/t12-/m1/s1.